The highest BCUT2D eigenvalue weighted by molar-refractivity contribution is 5.91. The predicted octanol–water partition coefficient (Wildman–Crippen LogP) is 1.69. The van der Waals surface area contributed by atoms with Gasteiger partial charge in [0.25, 0.3) is 5.91 Å². The van der Waals surface area contributed by atoms with Crippen molar-refractivity contribution in [2.75, 3.05) is 6.61 Å². The minimum Gasteiger partial charge on any atom is -0.274 e. The fraction of sp³-hybridized carbons (Fsp3) is 0.167. The summed E-state index contributed by atoms with van der Waals surface area (Å²) in [5.74, 6) is -0.871. The van der Waals surface area contributed by atoms with E-state index in [1.165, 1.54) is 23.0 Å². The van der Waals surface area contributed by atoms with Crippen molar-refractivity contribution in [3.8, 4) is 5.69 Å². The predicted molar refractivity (Wildman–Crippen MR) is 62.6 cm³/mol. The first-order valence-corrected chi connectivity index (χ1v) is 5.45. The van der Waals surface area contributed by atoms with Crippen molar-refractivity contribution in [1.29, 1.82) is 0 Å². The normalized spacial score (nSPS) is 10.3. The van der Waals surface area contributed by atoms with E-state index in [-0.39, 0.29) is 11.4 Å². The van der Waals surface area contributed by atoms with Crippen LogP contribution in [0.25, 0.3) is 5.69 Å². The van der Waals surface area contributed by atoms with Crippen molar-refractivity contribution in [3.63, 3.8) is 0 Å². The Morgan fingerprint density at radius 2 is 2.22 bits per heavy atom. The number of carbonyl (C=O) groups excluding carboxylic acids is 1. The van der Waals surface area contributed by atoms with Crippen molar-refractivity contribution in [2.24, 2.45) is 0 Å². The summed E-state index contributed by atoms with van der Waals surface area (Å²) in [7, 11) is 0. The van der Waals surface area contributed by atoms with Gasteiger partial charge in [-0.3, -0.25) is 9.63 Å². The molecule has 0 atom stereocenters. The van der Waals surface area contributed by atoms with E-state index in [4.69, 9.17) is 4.84 Å². The van der Waals surface area contributed by atoms with E-state index >= 15 is 0 Å². The largest absolute Gasteiger partial charge is 0.295 e. The quantitative estimate of drug-likeness (QED) is 0.839. The Balaban J connectivity index is 2.21. The molecule has 18 heavy (non-hydrogen) atoms. The Hall–Kier alpha value is -2.21. The van der Waals surface area contributed by atoms with Gasteiger partial charge in [-0.1, -0.05) is 12.1 Å². The molecule has 1 aromatic carbocycles. The van der Waals surface area contributed by atoms with Crippen LogP contribution in [0, 0.1) is 5.82 Å². The van der Waals surface area contributed by atoms with Gasteiger partial charge in [0.15, 0.2) is 5.69 Å². The molecule has 0 aliphatic rings. The van der Waals surface area contributed by atoms with E-state index in [2.05, 4.69) is 10.6 Å². The van der Waals surface area contributed by atoms with Crippen molar-refractivity contribution in [2.45, 2.75) is 6.92 Å². The lowest BCUT2D eigenvalue weighted by atomic mass is 10.3. The molecule has 1 N–H and O–H groups in total. The molecule has 1 amide bonds. The highest BCUT2D eigenvalue weighted by atomic mass is 19.1. The van der Waals surface area contributed by atoms with Crippen molar-refractivity contribution >= 4 is 5.91 Å². The van der Waals surface area contributed by atoms with Crippen LogP contribution in [0.15, 0.2) is 36.5 Å². The molecule has 5 nitrogen and oxygen atoms in total. The SMILES string of the molecule is CCONC(=O)c1ccn(-c2ccccc2F)n1. The number of rotatable bonds is 4. The number of hydrogen-bond donors (Lipinski definition) is 1. The summed E-state index contributed by atoms with van der Waals surface area (Å²) in [6, 6.07) is 7.68. The second-order valence-corrected chi connectivity index (χ2v) is 3.46. The summed E-state index contributed by atoms with van der Waals surface area (Å²) in [5, 5.41) is 3.98. The second-order valence-electron chi connectivity index (χ2n) is 3.46. The molecule has 0 aliphatic heterocycles. The maximum Gasteiger partial charge on any atom is 0.295 e. The second kappa shape index (κ2) is 5.42. The number of nitrogens with one attached hydrogen (secondary N) is 1. The standard InChI is InChI=1S/C12H12FN3O2/c1-2-18-15-12(17)10-7-8-16(14-10)11-6-4-3-5-9(11)13/h3-8H,2H2,1H3,(H,15,17). The first kappa shape index (κ1) is 12.3. The summed E-state index contributed by atoms with van der Waals surface area (Å²) in [6.45, 7) is 2.11. The number of aromatic nitrogens is 2. The van der Waals surface area contributed by atoms with E-state index in [1.54, 1.807) is 25.1 Å². The Kier molecular flexibility index (Phi) is 3.69. The van der Waals surface area contributed by atoms with Crippen LogP contribution in [0.1, 0.15) is 17.4 Å². The molecule has 0 aliphatic carbocycles. The van der Waals surface area contributed by atoms with Crippen LogP contribution in [0.5, 0.6) is 0 Å². The third kappa shape index (κ3) is 2.54. The summed E-state index contributed by atoms with van der Waals surface area (Å²) in [5.41, 5.74) is 2.66. The molecule has 0 saturated heterocycles. The number of hydrogen-bond acceptors (Lipinski definition) is 3. The lowest BCUT2D eigenvalue weighted by molar-refractivity contribution is 0.0359. The molecular weight excluding hydrogens is 237 g/mol. The summed E-state index contributed by atoms with van der Waals surface area (Å²) < 4.78 is 14.8. The molecule has 1 aromatic heterocycles. The number of amides is 1. The summed E-state index contributed by atoms with van der Waals surface area (Å²) >= 11 is 0. The van der Waals surface area contributed by atoms with Gasteiger partial charge in [-0.15, -0.1) is 0 Å². The van der Waals surface area contributed by atoms with Crippen LogP contribution in [0.3, 0.4) is 0 Å². The third-order valence-corrected chi connectivity index (χ3v) is 2.23. The maximum atomic E-state index is 13.5. The molecule has 6 heteroatoms. The van der Waals surface area contributed by atoms with E-state index in [0.29, 0.717) is 6.61 Å². The van der Waals surface area contributed by atoms with E-state index in [1.807, 2.05) is 0 Å². The van der Waals surface area contributed by atoms with Gasteiger partial charge in [-0.25, -0.2) is 14.6 Å². The van der Waals surface area contributed by atoms with E-state index < -0.39 is 11.7 Å². The van der Waals surface area contributed by atoms with Gasteiger partial charge < -0.3 is 0 Å². The van der Waals surface area contributed by atoms with Gasteiger partial charge >= 0.3 is 0 Å². The third-order valence-electron chi connectivity index (χ3n) is 2.23. The molecular formula is C12H12FN3O2. The van der Waals surface area contributed by atoms with E-state index in [0.717, 1.165) is 0 Å². The molecule has 94 valence electrons. The molecule has 0 spiro atoms. The fourth-order valence-electron chi connectivity index (χ4n) is 1.41. The van der Waals surface area contributed by atoms with Crippen molar-refractivity contribution < 1.29 is 14.0 Å². The highest BCUT2D eigenvalue weighted by Crippen LogP contribution is 2.11. The fourth-order valence-corrected chi connectivity index (χ4v) is 1.41. The Morgan fingerprint density at radius 1 is 1.44 bits per heavy atom. The number of benzene rings is 1. The lowest BCUT2D eigenvalue weighted by Crippen LogP contribution is -2.24. The minimum atomic E-state index is -0.466. The zero-order valence-electron chi connectivity index (χ0n) is 9.76. The molecule has 2 aromatic rings. The van der Waals surface area contributed by atoms with Crippen LogP contribution in [-0.2, 0) is 4.84 Å². The molecule has 1 heterocycles. The van der Waals surface area contributed by atoms with Gasteiger partial charge in [-0.05, 0) is 25.1 Å². The first-order valence-electron chi connectivity index (χ1n) is 5.45. The van der Waals surface area contributed by atoms with Crippen molar-refractivity contribution in [1.82, 2.24) is 15.3 Å². The summed E-state index contributed by atoms with van der Waals surface area (Å²) in [4.78, 5) is 16.3. The Morgan fingerprint density at radius 3 is 2.94 bits per heavy atom. The number of hydroxylamine groups is 1. The zero-order chi connectivity index (χ0) is 13.0. The maximum absolute atomic E-state index is 13.5. The van der Waals surface area contributed by atoms with Gasteiger partial charge in [0.05, 0.1) is 6.61 Å². The molecule has 0 fully saturated rings. The molecule has 0 unspecified atom stereocenters. The van der Waals surface area contributed by atoms with E-state index in [9.17, 15) is 9.18 Å². The topological polar surface area (TPSA) is 56.1 Å². The van der Waals surface area contributed by atoms with Crippen molar-refractivity contribution in [3.05, 3.63) is 48.0 Å². The number of carbonyl (C=O) groups is 1. The Labute approximate surface area is 103 Å². The molecule has 2 rings (SSSR count). The highest BCUT2D eigenvalue weighted by Gasteiger charge is 2.11. The van der Waals surface area contributed by atoms with Crippen LogP contribution < -0.4 is 5.48 Å². The lowest BCUT2D eigenvalue weighted by Gasteiger charge is -2.02. The van der Waals surface area contributed by atoms with Crippen LogP contribution >= 0.6 is 0 Å². The van der Waals surface area contributed by atoms with Gasteiger partial charge in [0.2, 0.25) is 0 Å². The monoisotopic (exact) mass is 249 g/mol. The molecule has 0 saturated carbocycles. The minimum absolute atomic E-state index is 0.159. The zero-order valence-corrected chi connectivity index (χ0v) is 9.76. The van der Waals surface area contributed by atoms with Gasteiger partial charge in [0.1, 0.15) is 11.5 Å². The number of halogens is 1. The van der Waals surface area contributed by atoms with Crippen LogP contribution in [-0.4, -0.2) is 22.3 Å². The van der Waals surface area contributed by atoms with Gasteiger partial charge in [-0.2, -0.15) is 5.10 Å². The smallest absolute Gasteiger partial charge is 0.274 e. The average molecular weight is 249 g/mol. The average Bonchev–Trinajstić information content (AvgIpc) is 2.86. The van der Waals surface area contributed by atoms with Crippen LogP contribution in [0.2, 0.25) is 0 Å². The Bertz CT molecular complexity index is 554. The first-order chi connectivity index (χ1) is 8.72. The number of nitrogens with zero attached hydrogens (tertiary/aromatic N) is 2. The number of para-hydroxylation sites is 1. The van der Waals surface area contributed by atoms with Crippen LogP contribution in [0.4, 0.5) is 4.39 Å². The molecule has 0 bridgehead atoms. The van der Waals surface area contributed by atoms with Gasteiger partial charge in [0, 0.05) is 6.20 Å². The summed E-state index contributed by atoms with van der Waals surface area (Å²) in [6.07, 6.45) is 1.51. The molecule has 0 radical (unpaired) electrons.